The zero-order valence-electron chi connectivity index (χ0n) is 14.2. The third kappa shape index (κ3) is 3.60. The molecule has 1 saturated heterocycles. The van der Waals surface area contributed by atoms with Gasteiger partial charge in [0.2, 0.25) is 5.91 Å². The molecule has 128 valence electrons. The molecule has 0 bridgehead atoms. The van der Waals surface area contributed by atoms with Crippen LogP contribution in [0.4, 0.5) is 5.13 Å². The number of nitrogens with two attached hydrogens (primary N) is 1. The molecular formula is C18H24N4OS. The topological polar surface area (TPSA) is 62.5 Å². The van der Waals surface area contributed by atoms with Crippen molar-refractivity contribution < 1.29 is 4.79 Å². The highest BCUT2D eigenvalue weighted by atomic mass is 32.1. The third-order valence-electron chi connectivity index (χ3n) is 4.64. The molecule has 24 heavy (non-hydrogen) atoms. The van der Waals surface area contributed by atoms with Crippen molar-refractivity contribution in [3.8, 4) is 0 Å². The molecule has 0 atom stereocenters. The Balaban J connectivity index is 1.59. The Morgan fingerprint density at radius 2 is 1.88 bits per heavy atom. The van der Waals surface area contributed by atoms with E-state index in [0.717, 1.165) is 38.3 Å². The summed E-state index contributed by atoms with van der Waals surface area (Å²) in [5.41, 5.74) is 6.26. The van der Waals surface area contributed by atoms with E-state index in [-0.39, 0.29) is 5.91 Å². The lowest BCUT2D eigenvalue weighted by atomic mass is 9.83. The Kier molecular flexibility index (Phi) is 4.87. The largest absolute Gasteiger partial charge is 0.375 e. The van der Waals surface area contributed by atoms with Crippen molar-refractivity contribution in [2.45, 2.75) is 25.8 Å². The second-order valence-electron chi connectivity index (χ2n) is 6.72. The molecule has 1 amide bonds. The number of anilines is 1. The molecule has 2 heterocycles. The number of piperazine rings is 1. The first-order valence-corrected chi connectivity index (χ1v) is 9.06. The average Bonchev–Trinajstić information content (AvgIpc) is 3.00. The molecule has 1 fully saturated rings. The number of nitrogen functional groups attached to an aromatic ring is 1. The van der Waals surface area contributed by atoms with Crippen LogP contribution in [0.15, 0.2) is 36.5 Å². The summed E-state index contributed by atoms with van der Waals surface area (Å²) < 4.78 is 0. The Hall–Kier alpha value is -1.92. The monoisotopic (exact) mass is 344 g/mol. The number of rotatable bonds is 4. The van der Waals surface area contributed by atoms with Crippen molar-refractivity contribution in [1.82, 2.24) is 14.8 Å². The maximum atomic E-state index is 13.0. The van der Waals surface area contributed by atoms with Crippen molar-refractivity contribution in [2.24, 2.45) is 0 Å². The van der Waals surface area contributed by atoms with Gasteiger partial charge in [-0.05, 0) is 19.4 Å². The number of benzene rings is 1. The van der Waals surface area contributed by atoms with E-state index in [4.69, 9.17) is 5.73 Å². The van der Waals surface area contributed by atoms with Crippen LogP contribution in [0.3, 0.4) is 0 Å². The van der Waals surface area contributed by atoms with Crippen molar-refractivity contribution in [3.63, 3.8) is 0 Å². The van der Waals surface area contributed by atoms with E-state index < -0.39 is 5.41 Å². The molecule has 1 aliphatic rings. The first-order chi connectivity index (χ1) is 11.5. The molecule has 0 spiro atoms. The fourth-order valence-corrected chi connectivity index (χ4v) is 3.83. The van der Waals surface area contributed by atoms with Crippen molar-refractivity contribution in [3.05, 3.63) is 47.0 Å². The van der Waals surface area contributed by atoms with Crippen LogP contribution >= 0.6 is 11.3 Å². The molecule has 0 aliphatic carbocycles. The van der Waals surface area contributed by atoms with Crippen LogP contribution in [0.1, 0.15) is 24.3 Å². The van der Waals surface area contributed by atoms with Gasteiger partial charge in [-0.25, -0.2) is 4.98 Å². The zero-order valence-corrected chi connectivity index (χ0v) is 15.1. The lowest BCUT2D eigenvalue weighted by Gasteiger charge is -2.38. The van der Waals surface area contributed by atoms with E-state index in [0.29, 0.717) is 5.13 Å². The number of aromatic nitrogens is 1. The third-order valence-corrected chi connectivity index (χ3v) is 5.45. The quantitative estimate of drug-likeness (QED) is 0.925. The van der Waals surface area contributed by atoms with Crippen LogP contribution in [0.5, 0.6) is 0 Å². The Morgan fingerprint density at radius 3 is 2.46 bits per heavy atom. The molecule has 0 radical (unpaired) electrons. The second kappa shape index (κ2) is 6.91. The van der Waals surface area contributed by atoms with Crippen LogP contribution in [0, 0.1) is 0 Å². The van der Waals surface area contributed by atoms with Crippen LogP contribution in [0.25, 0.3) is 0 Å². The van der Waals surface area contributed by atoms with E-state index in [9.17, 15) is 4.79 Å². The predicted octanol–water partition coefficient (Wildman–Crippen LogP) is 2.35. The standard InChI is InChI=1S/C18H24N4OS/c1-18(2,14-6-4-3-5-7-14)16(23)22-10-8-21(9-11-22)13-15-12-20-17(19)24-15/h3-7,12H,8-11,13H2,1-2H3,(H2,19,20). The normalized spacial score (nSPS) is 16.3. The predicted molar refractivity (Wildman–Crippen MR) is 97.9 cm³/mol. The summed E-state index contributed by atoms with van der Waals surface area (Å²) in [6.07, 6.45) is 1.84. The molecule has 3 rings (SSSR count). The van der Waals surface area contributed by atoms with Gasteiger partial charge >= 0.3 is 0 Å². The van der Waals surface area contributed by atoms with Crippen LogP contribution in [0.2, 0.25) is 0 Å². The van der Waals surface area contributed by atoms with Gasteiger partial charge < -0.3 is 10.6 Å². The number of nitrogens with zero attached hydrogens (tertiary/aromatic N) is 3. The number of carbonyl (C=O) groups excluding carboxylic acids is 1. The van der Waals surface area contributed by atoms with Crippen LogP contribution in [-0.4, -0.2) is 46.9 Å². The van der Waals surface area contributed by atoms with Crippen molar-refractivity contribution >= 4 is 22.4 Å². The van der Waals surface area contributed by atoms with E-state index in [1.807, 2.05) is 55.3 Å². The fraction of sp³-hybridized carbons (Fsp3) is 0.444. The van der Waals surface area contributed by atoms with E-state index >= 15 is 0 Å². The Labute approximate surface area is 147 Å². The highest BCUT2D eigenvalue weighted by Crippen LogP contribution is 2.26. The molecule has 5 nitrogen and oxygen atoms in total. The minimum atomic E-state index is -0.491. The Morgan fingerprint density at radius 1 is 1.21 bits per heavy atom. The molecule has 0 saturated carbocycles. The molecule has 1 aromatic carbocycles. The summed E-state index contributed by atoms with van der Waals surface area (Å²) in [5.74, 6) is 0.204. The highest BCUT2D eigenvalue weighted by molar-refractivity contribution is 7.15. The number of carbonyl (C=O) groups is 1. The van der Waals surface area contributed by atoms with Gasteiger partial charge in [0.15, 0.2) is 5.13 Å². The van der Waals surface area contributed by atoms with Gasteiger partial charge in [0.25, 0.3) is 0 Å². The van der Waals surface area contributed by atoms with Gasteiger partial charge in [0.05, 0.1) is 5.41 Å². The summed E-state index contributed by atoms with van der Waals surface area (Å²) >= 11 is 1.53. The summed E-state index contributed by atoms with van der Waals surface area (Å²) in [7, 11) is 0. The maximum absolute atomic E-state index is 13.0. The molecule has 2 aromatic rings. The first kappa shape index (κ1) is 16.9. The van der Waals surface area contributed by atoms with Gasteiger partial charge in [0.1, 0.15) is 0 Å². The van der Waals surface area contributed by atoms with Gasteiger partial charge in [-0.2, -0.15) is 0 Å². The average molecular weight is 344 g/mol. The van der Waals surface area contributed by atoms with Crippen LogP contribution in [-0.2, 0) is 16.8 Å². The molecular weight excluding hydrogens is 320 g/mol. The van der Waals surface area contributed by atoms with Gasteiger partial charge in [-0.3, -0.25) is 9.69 Å². The van der Waals surface area contributed by atoms with Crippen LogP contribution < -0.4 is 5.73 Å². The molecule has 6 heteroatoms. The smallest absolute Gasteiger partial charge is 0.232 e. The summed E-state index contributed by atoms with van der Waals surface area (Å²) in [4.78, 5) is 22.6. The second-order valence-corrected chi connectivity index (χ2v) is 7.87. The molecule has 1 aliphatic heterocycles. The fourth-order valence-electron chi connectivity index (χ4n) is 3.10. The minimum absolute atomic E-state index is 0.204. The first-order valence-electron chi connectivity index (χ1n) is 8.24. The lowest BCUT2D eigenvalue weighted by molar-refractivity contribution is -0.138. The summed E-state index contributed by atoms with van der Waals surface area (Å²) in [6, 6.07) is 10.0. The number of amides is 1. The highest BCUT2D eigenvalue weighted by Gasteiger charge is 2.35. The zero-order chi connectivity index (χ0) is 17.2. The van der Waals surface area contributed by atoms with E-state index in [1.54, 1.807) is 0 Å². The van der Waals surface area contributed by atoms with Gasteiger partial charge in [-0.1, -0.05) is 30.3 Å². The Bertz CT molecular complexity index is 690. The SMILES string of the molecule is CC(C)(C(=O)N1CCN(Cc2cnc(N)s2)CC1)c1ccccc1. The molecule has 0 unspecified atom stereocenters. The summed E-state index contributed by atoms with van der Waals surface area (Å²) in [5, 5.41) is 0.614. The van der Waals surface area contributed by atoms with Crippen molar-refractivity contribution in [2.75, 3.05) is 31.9 Å². The number of hydrogen-bond acceptors (Lipinski definition) is 5. The number of thiazole rings is 1. The van der Waals surface area contributed by atoms with Crippen molar-refractivity contribution in [1.29, 1.82) is 0 Å². The number of hydrogen-bond donors (Lipinski definition) is 1. The van der Waals surface area contributed by atoms with Gasteiger partial charge in [0, 0.05) is 43.8 Å². The molecule has 2 N–H and O–H groups in total. The van der Waals surface area contributed by atoms with E-state index in [2.05, 4.69) is 9.88 Å². The van der Waals surface area contributed by atoms with E-state index in [1.165, 1.54) is 16.2 Å². The molecule has 1 aromatic heterocycles. The summed E-state index contributed by atoms with van der Waals surface area (Å²) in [6.45, 7) is 8.18. The van der Waals surface area contributed by atoms with Gasteiger partial charge in [-0.15, -0.1) is 11.3 Å². The maximum Gasteiger partial charge on any atom is 0.232 e. The lowest BCUT2D eigenvalue weighted by Crippen LogP contribution is -2.52. The minimum Gasteiger partial charge on any atom is -0.375 e.